The van der Waals surface area contributed by atoms with Crippen LogP contribution < -0.4 is 4.74 Å². The lowest BCUT2D eigenvalue weighted by atomic mass is 10.1. The lowest BCUT2D eigenvalue weighted by molar-refractivity contribution is -0.141. The molecule has 0 atom stereocenters. The summed E-state index contributed by atoms with van der Waals surface area (Å²) >= 11 is 0. The molecule has 5 nitrogen and oxygen atoms in total. The Morgan fingerprint density at radius 3 is 2.29 bits per heavy atom. The summed E-state index contributed by atoms with van der Waals surface area (Å²) in [6.07, 6.45) is -2.21. The Kier molecular flexibility index (Phi) is 5.21. The molecular weight excluding hydrogens is 373 g/mol. The number of aliphatic carboxylic acids is 1. The second-order valence-corrected chi connectivity index (χ2v) is 5.82. The predicted octanol–water partition coefficient (Wildman–Crippen LogP) is 4.66. The molecule has 0 fully saturated rings. The SMILES string of the molecule is COc1ccc(-n2nc(C(F)(F)F)cc2-c2ccc(/C=C/C(=O)O)cc2)cc1. The molecule has 0 aliphatic carbocycles. The van der Waals surface area contributed by atoms with Crippen LogP contribution >= 0.6 is 0 Å². The zero-order valence-electron chi connectivity index (χ0n) is 14.6. The van der Waals surface area contributed by atoms with Crippen LogP contribution in [-0.4, -0.2) is 28.0 Å². The molecule has 0 spiro atoms. The van der Waals surface area contributed by atoms with Gasteiger partial charge in [-0.25, -0.2) is 9.48 Å². The van der Waals surface area contributed by atoms with Gasteiger partial charge in [-0.3, -0.25) is 0 Å². The van der Waals surface area contributed by atoms with E-state index in [0.29, 0.717) is 22.6 Å². The first-order valence-corrected chi connectivity index (χ1v) is 8.11. The van der Waals surface area contributed by atoms with Gasteiger partial charge in [0.25, 0.3) is 0 Å². The molecule has 0 saturated heterocycles. The van der Waals surface area contributed by atoms with E-state index in [0.717, 1.165) is 12.1 Å². The van der Waals surface area contributed by atoms with Gasteiger partial charge in [-0.15, -0.1) is 0 Å². The fraction of sp³-hybridized carbons (Fsp3) is 0.100. The number of alkyl halides is 3. The second-order valence-electron chi connectivity index (χ2n) is 5.82. The molecule has 0 bridgehead atoms. The van der Waals surface area contributed by atoms with Crippen LogP contribution in [0, 0.1) is 0 Å². The average Bonchev–Trinajstić information content (AvgIpc) is 3.13. The van der Waals surface area contributed by atoms with Crippen molar-refractivity contribution >= 4 is 12.0 Å². The molecule has 8 heteroatoms. The molecule has 1 aromatic heterocycles. The summed E-state index contributed by atoms with van der Waals surface area (Å²) in [7, 11) is 1.50. The number of carboxylic acids is 1. The molecule has 1 heterocycles. The van der Waals surface area contributed by atoms with E-state index < -0.39 is 17.8 Å². The zero-order valence-corrected chi connectivity index (χ0v) is 14.6. The topological polar surface area (TPSA) is 64.4 Å². The molecule has 2 aromatic carbocycles. The van der Waals surface area contributed by atoms with E-state index in [1.165, 1.54) is 17.9 Å². The van der Waals surface area contributed by atoms with Crippen molar-refractivity contribution in [2.45, 2.75) is 6.18 Å². The van der Waals surface area contributed by atoms with E-state index >= 15 is 0 Å². The molecule has 0 aliphatic rings. The van der Waals surface area contributed by atoms with Crippen molar-refractivity contribution in [3.63, 3.8) is 0 Å². The standard InChI is InChI=1S/C20H15F3N2O3/c1-28-16-9-7-15(8-10-16)25-17(12-18(24-25)20(21,22)23)14-5-2-13(3-6-14)4-11-19(26)27/h2-12H,1H3,(H,26,27)/b11-4+. The van der Waals surface area contributed by atoms with Crippen LogP contribution in [0.25, 0.3) is 23.0 Å². The Hall–Kier alpha value is -3.55. The van der Waals surface area contributed by atoms with Gasteiger partial charge in [-0.05, 0) is 42.0 Å². The maximum Gasteiger partial charge on any atom is 0.435 e. The van der Waals surface area contributed by atoms with E-state index in [4.69, 9.17) is 9.84 Å². The maximum absolute atomic E-state index is 13.2. The van der Waals surface area contributed by atoms with Gasteiger partial charge in [0.05, 0.1) is 18.5 Å². The van der Waals surface area contributed by atoms with Crippen molar-refractivity contribution in [2.75, 3.05) is 7.11 Å². The van der Waals surface area contributed by atoms with Crippen LogP contribution in [0.4, 0.5) is 13.2 Å². The first kappa shape index (κ1) is 19.2. The van der Waals surface area contributed by atoms with E-state index in [-0.39, 0.29) is 5.69 Å². The van der Waals surface area contributed by atoms with Crippen LogP contribution in [0.15, 0.2) is 60.7 Å². The Morgan fingerprint density at radius 2 is 1.75 bits per heavy atom. The van der Waals surface area contributed by atoms with E-state index in [1.54, 1.807) is 48.5 Å². The lowest BCUT2D eigenvalue weighted by Crippen LogP contribution is -2.07. The Morgan fingerprint density at radius 1 is 1.11 bits per heavy atom. The fourth-order valence-corrected chi connectivity index (χ4v) is 2.58. The third kappa shape index (κ3) is 4.22. The van der Waals surface area contributed by atoms with Gasteiger partial charge in [0.15, 0.2) is 5.69 Å². The number of ether oxygens (including phenoxy) is 1. The first-order valence-electron chi connectivity index (χ1n) is 8.11. The number of carbonyl (C=O) groups is 1. The first-order chi connectivity index (χ1) is 13.3. The molecule has 3 rings (SSSR count). The second kappa shape index (κ2) is 7.59. The number of aromatic nitrogens is 2. The van der Waals surface area contributed by atoms with E-state index in [2.05, 4.69) is 5.10 Å². The summed E-state index contributed by atoms with van der Waals surface area (Å²) in [6, 6.07) is 13.9. The van der Waals surface area contributed by atoms with Crippen molar-refractivity contribution in [3.05, 3.63) is 71.9 Å². The summed E-state index contributed by atoms with van der Waals surface area (Å²) in [4.78, 5) is 10.6. The largest absolute Gasteiger partial charge is 0.497 e. The van der Waals surface area contributed by atoms with Gasteiger partial charge in [0.1, 0.15) is 5.75 Å². The molecule has 0 unspecified atom stereocenters. The van der Waals surface area contributed by atoms with Crippen LogP contribution in [0.2, 0.25) is 0 Å². The molecular formula is C20H15F3N2O3. The highest BCUT2D eigenvalue weighted by atomic mass is 19.4. The van der Waals surface area contributed by atoms with E-state index in [1.807, 2.05) is 0 Å². The van der Waals surface area contributed by atoms with Crippen LogP contribution in [0.1, 0.15) is 11.3 Å². The normalized spacial score (nSPS) is 11.7. The quantitative estimate of drug-likeness (QED) is 0.646. The molecule has 1 N–H and O–H groups in total. The van der Waals surface area contributed by atoms with Crippen LogP contribution in [0.3, 0.4) is 0 Å². The Bertz CT molecular complexity index is 1000. The third-order valence-corrected chi connectivity index (χ3v) is 3.94. The van der Waals surface area contributed by atoms with Gasteiger partial charge in [0.2, 0.25) is 0 Å². The molecule has 0 saturated carbocycles. The molecule has 0 amide bonds. The summed E-state index contributed by atoms with van der Waals surface area (Å²) in [5.74, 6) is -0.514. The van der Waals surface area contributed by atoms with E-state index in [9.17, 15) is 18.0 Å². The van der Waals surface area contributed by atoms with Crippen molar-refractivity contribution in [2.24, 2.45) is 0 Å². The number of hydrogen-bond donors (Lipinski definition) is 1. The summed E-state index contributed by atoms with van der Waals surface area (Å²) in [6.45, 7) is 0. The lowest BCUT2D eigenvalue weighted by Gasteiger charge is -2.09. The number of methoxy groups -OCH3 is 1. The number of rotatable bonds is 5. The van der Waals surface area contributed by atoms with Crippen LogP contribution in [-0.2, 0) is 11.0 Å². The fourth-order valence-electron chi connectivity index (χ4n) is 2.58. The van der Waals surface area contributed by atoms with Crippen LogP contribution in [0.5, 0.6) is 5.75 Å². The maximum atomic E-state index is 13.2. The van der Waals surface area contributed by atoms with Crippen molar-refractivity contribution in [1.29, 1.82) is 0 Å². The number of carboxylic acid groups (broad SMARTS) is 1. The Balaban J connectivity index is 2.05. The third-order valence-electron chi connectivity index (χ3n) is 3.94. The number of halogens is 3. The molecule has 144 valence electrons. The predicted molar refractivity (Wildman–Crippen MR) is 97.2 cm³/mol. The van der Waals surface area contributed by atoms with Gasteiger partial charge in [0, 0.05) is 11.6 Å². The molecule has 0 radical (unpaired) electrons. The number of benzene rings is 2. The highest BCUT2D eigenvalue weighted by Gasteiger charge is 2.35. The van der Waals surface area contributed by atoms with Gasteiger partial charge >= 0.3 is 12.1 Å². The average molecular weight is 388 g/mol. The molecule has 0 aliphatic heterocycles. The van der Waals surface area contributed by atoms with Gasteiger partial charge in [-0.1, -0.05) is 24.3 Å². The summed E-state index contributed by atoms with van der Waals surface area (Å²) in [5, 5.41) is 12.4. The van der Waals surface area contributed by atoms with Crippen molar-refractivity contribution in [3.8, 4) is 22.7 Å². The summed E-state index contributed by atoms with van der Waals surface area (Å²) in [5.41, 5.74) is 0.810. The smallest absolute Gasteiger partial charge is 0.435 e. The Labute approximate surface area is 158 Å². The number of nitrogens with zero attached hydrogens (tertiary/aromatic N) is 2. The van der Waals surface area contributed by atoms with Gasteiger partial charge < -0.3 is 9.84 Å². The minimum absolute atomic E-state index is 0.256. The van der Waals surface area contributed by atoms with Crippen molar-refractivity contribution in [1.82, 2.24) is 9.78 Å². The highest BCUT2D eigenvalue weighted by molar-refractivity contribution is 5.85. The number of hydrogen-bond acceptors (Lipinski definition) is 3. The highest BCUT2D eigenvalue weighted by Crippen LogP contribution is 2.33. The summed E-state index contributed by atoms with van der Waals surface area (Å²) < 4.78 is 45.9. The minimum atomic E-state index is -4.59. The molecule has 28 heavy (non-hydrogen) atoms. The molecule has 3 aromatic rings. The zero-order chi connectivity index (χ0) is 20.3. The minimum Gasteiger partial charge on any atom is -0.497 e. The van der Waals surface area contributed by atoms with Crippen molar-refractivity contribution < 1.29 is 27.8 Å². The monoisotopic (exact) mass is 388 g/mol. The van der Waals surface area contributed by atoms with Gasteiger partial charge in [-0.2, -0.15) is 18.3 Å².